The van der Waals surface area contributed by atoms with Crippen molar-refractivity contribution in [1.29, 1.82) is 0 Å². The zero-order valence-corrected chi connectivity index (χ0v) is 9.23. The van der Waals surface area contributed by atoms with Gasteiger partial charge in [0.2, 0.25) is 0 Å². The molecule has 0 heterocycles. The van der Waals surface area contributed by atoms with E-state index < -0.39 is 6.86 Å². The topological polar surface area (TPSA) is 12.0 Å². The summed E-state index contributed by atoms with van der Waals surface area (Å²) in [5.41, 5.74) is 0. The lowest BCUT2D eigenvalue weighted by Gasteiger charge is -2.15. The quantitative estimate of drug-likeness (QED) is 0.325. The zero-order chi connectivity index (χ0) is 8.04. The molecule has 1 nitrogen and oxygen atoms in total. The predicted octanol–water partition coefficient (Wildman–Crippen LogP) is 2.99. The Morgan fingerprint density at radius 3 is 2.40 bits per heavy atom. The number of unbranched alkanes of at least 4 members (excludes halogenated alkanes) is 1. The zero-order valence-electron chi connectivity index (χ0n) is 5.96. The van der Waals surface area contributed by atoms with E-state index in [0.29, 0.717) is 6.00 Å². The van der Waals surface area contributed by atoms with Crippen LogP contribution in [0.15, 0.2) is 0 Å². The molecule has 0 amide bonds. The van der Waals surface area contributed by atoms with Gasteiger partial charge >= 0.3 is 6.86 Å². The third-order valence-corrected chi connectivity index (χ3v) is 5.14. The summed E-state index contributed by atoms with van der Waals surface area (Å²) in [4.78, 5) is 2.89. The van der Waals surface area contributed by atoms with E-state index in [1.807, 2.05) is 0 Å². The molecular formula is C5H12Cl3NSi. The molecule has 0 aliphatic heterocycles. The van der Waals surface area contributed by atoms with Gasteiger partial charge in [0, 0.05) is 0 Å². The lowest BCUT2D eigenvalue weighted by atomic mass is 10.4. The van der Waals surface area contributed by atoms with Crippen molar-refractivity contribution < 1.29 is 0 Å². The van der Waals surface area contributed by atoms with E-state index in [1.165, 1.54) is 0 Å². The van der Waals surface area contributed by atoms with E-state index in [4.69, 9.17) is 33.8 Å². The van der Waals surface area contributed by atoms with Gasteiger partial charge in [0.25, 0.3) is 0 Å². The van der Waals surface area contributed by atoms with Gasteiger partial charge < -0.3 is 4.98 Å². The van der Waals surface area contributed by atoms with Crippen LogP contribution in [0, 0.1) is 0 Å². The van der Waals surface area contributed by atoms with Gasteiger partial charge in [0.15, 0.2) is 0 Å². The number of halogens is 3. The Hall–Kier alpha value is 1.05. The molecule has 0 aromatic carbocycles. The number of rotatable bonds is 5. The highest BCUT2D eigenvalue weighted by molar-refractivity contribution is 7.44. The second kappa shape index (κ2) is 5.67. The van der Waals surface area contributed by atoms with E-state index in [9.17, 15) is 0 Å². The smallest absolute Gasteiger partial charge is 0.301 e. The van der Waals surface area contributed by atoms with Crippen molar-refractivity contribution in [2.24, 2.45) is 0 Å². The molecular weight excluding hydrogens is 209 g/mol. The maximum Gasteiger partial charge on any atom is 0.323 e. The van der Waals surface area contributed by atoms with Crippen molar-refractivity contribution in [3.63, 3.8) is 0 Å². The van der Waals surface area contributed by atoms with Crippen LogP contribution in [-0.4, -0.2) is 12.9 Å². The van der Waals surface area contributed by atoms with Crippen molar-refractivity contribution in [3.05, 3.63) is 0 Å². The summed E-state index contributed by atoms with van der Waals surface area (Å²) in [6.07, 6.45) is 2.20. The molecule has 62 valence electrons. The van der Waals surface area contributed by atoms with Crippen molar-refractivity contribution in [2.75, 3.05) is 6.00 Å². The van der Waals surface area contributed by atoms with Gasteiger partial charge in [-0.2, -0.15) is 0 Å². The van der Waals surface area contributed by atoms with Crippen LogP contribution in [0.2, 0.25) is 6.04 Å². The highest BCUT2D eigenvalue weighted by atomic mass is 35.7. The van der Waals surface area contributed by atoms with Crippen LogP contribution in [-0.2, 0) is 0 Å². The monoisotopic (exact) mass is 219 g/mol. The molecule has 0 aromatic rings. The van der Waals surface area contributed by atoms with Gasteiger partial charge in [0.1, 0.15) is 0 Å². The molecule has 0 saturated carbocycles. The number of hydrogen-bond donors (Lipinski definition) is 1. The van der Waals surface area contributed by atoms with Gasteiger partial charge in [-0.3, -0.25) is 0 Å². The third-order valence-electron chi connectivity index (χ3n) is 1.17. The fraction of sp³-hybridized carbons (Fsp3) is 1.00. The minimum Gasteiger partial charge on any atom is -0.301 e. The van der Waals surface area contributed by atoms with Crippen LogP contribution in [0.1, 0.15) is 19.8 Å². The third kappa shape index (κ3) is 5.80. The summed E-state index contributed by atoms with van der Waals surface area (Å²) in [6, 6.07) is 1.22. The standard InChI is InChI=1S/C5H12Cl3NSi/c1-2-3-4-10(7,8)9-5-6/h9H,2-5H2,1H3. The van der Waals surface area contributed by atoms with Crippen LogP contribution < -0.4 is 4.98 Å². The van der Waals surface area contributed by atoms with Gasteiger partial charge in [0.05, 0.1) is 6.00 Å². The van der Waals surface area contributed by atoms with Gasteiger partial charge in [-0.05, 0) is 6.04 Å². The molecule has 0 aliphatic carbocycles. The Kier molecular flexibility index (Phi) is 6.26. The maximum atomic E-state index is 5.92. The number of alkyl halides is 1. The van der Waals surface area contributed by atoms with Crippen molar-refractivity contribution in [1.82, 2.24) is 4.98 Å². The Labute approximate surface area is 77.5 Å². The average molecular weight is 221 g/mol. The largest absolute Gasteiger partial charge is 0.323 e. The van der Waals surface area contributed by atoms with E-state index in [1.54, 1.807) is 0 Å². The van der Waals surface area contributed by atoms with Crippen LogP contribution in [0.25, 0.3) is 0 Å². The second-order valence-corrected chi connectivity index (χ2v) is 9.10. The SMILES string of the molecule is CCCC[Si](Cl)(Cl)NCCl. The molecule has 0 spiro atoms. The van der Waals surface area contributed by atoms with Crippen LogP contribution >= 0.6 is 33.8 Å². The molecule has 0 saturated heterocycles. The fourth-order valence-corrected chi connectivity index (χ4v) is 4.05. The van der Waals surface area contributed by atoms with Gasteiger partial charge in [-0.15, -0.1) is 33.8 Å². The molecule has 1 N–H and O–H groups in total. The Balaban J connectivity index is 3.42. The Bertz CT molecular complexity index is 89.0. The average Bonchev–Trinajstić information content (AvgIpc) is 1.84. The summed E-state index contributed by atoms with van der Waals surface area (Å²) in [5.74, 6) is 0. The van der Waals surface area contributed by atoms with E-state index in [2.05, 4.69) is 11.9 Å². The van der Waals surface area contributed by atoms with E-state index in [0.717, 1.165) is 18.9 Å². The molecule has 10 heavy (non-hydrogen) atoms. The van der Waals surface area contributed by atoms with E-state index >= 15 is 0 Å². The molecule has 0 radical (unpaired) electrons. The van der Waals surface area contributed by atoms with E-state index in [-0.39, 0.29) is 0 Å². The first-order valence-corrected chi connectivity index (χ1v) is 8.07. The summed E-state index contributed by atoms with van der Waals surface area (Å²) < 4.78 is 0. The summed E-state index contributed by atoms with van der Waals surface area (Å²) in [6.45, 7) is -0.0517. The highest BCUT2D eigenvalue weighted by Gasteiger charge is 2.26. The predicted molar refractivity (Wildman–Crippen MR) is 51.0 cm³/mol. The molecule has 5 heteroatoms. The summed E-state index contributed by atoms with van der Waals surface area (Å²) >= 11 is 17.3. The van der Waals surface area contributed by atoms with Crippen molar-refractivity contribution in [3.8, 4) is 0 Å². The van der Waals surface area contributed by atoms with Crippen LogP contribution in [0.3, 0.4) is 0 Å². The molecule has 0 fully saturated rings. The molecule has 0 bridgehead atoms. The molecule has 0 aromatic heterocycles. The highest BCUT2D eigenvalue weighted by Crippen LogP contribution is 2.19. The minimum atomic E-state index is -2.16. The number of nitrogens with one attached hydrogen (secondary N) is 1. The first-order valence-electron chi connectivity index (χ1n) is 3.31. The minimum absolute atomic E-state index is 0.350. The second-order valence-electron chi connectivity index (χ2n) is 2.12. The first kappa shape index (κ1) is 11.0. The first-order chi connectivity index (χ1) is 4.62. The Morgan fingerprint density at radius 2 is 2.00 bits per heavy atom. The lowest BCUT2D eigenvalue weighted by molar-refractivity contribution is 0.866. The van der Waals surface area contributed by atoms with Gasteiger partial charge in [-0.1, -0.05) is 19.8 Å². The number of hydrogen-bond acceptors (Lipinski definition) is 1. The Morgan fingerprint density at radius 1 is 1.40 bits per heavy atom. The normalized spacial score (nSPS) is 12.0. The van der Waals surface area contributed by atoms with Crippen LogP contribution in [0.4, 0.5) is 0 Å². The fourth-order valence-electron chi connectivity index (χ4n) is 0.585. The molecule has 0 unspecified atom stereocenters. The molecule has 0 atom stereocenters. The maximum absolute atomic E-state index is 5.92. The van der Waals surface area contributed by atoms with Gasteiger partial charge in [-0.25, -0.2) is 0 Å². The molecule has 0 aliphatic rings. The lowest BCUT2D eigenvalue weighted by Crippen LogP contribution is -2.38. The van der Waals surface area contributed by atoms with Crippen LogP contribution in [0.5, 0.6) is 0 Å². The van der Waals surface area contributed by atoms with Crippen molar-refractivity contribution >= 4 is 40.6 Å². The summed E-state index contributed by atoms with van der Waals surface area (Å²) in [7, 11) is 0. The molecule has 0 rings (SSSR count). The van der Waals surface area contributed by atoms with Crippen molar-refractivity contribution in [2.45, 2.75) is 25.8 Å². The summed E-state index contributed by atoms with van der Waals surface area (Å²) in [5, 5.41) is 0.